The molecule has 0 saturated carbocycles. The number of nitriles is 1. The molecule has 0 fully saturated rings. The summed E-state index contributed by atoms with van der Waals surface area (Å²) in [6.07, 6.45) is 0. The van der Waals surface area contributed by atoms with Gasteiger partial charge in [-0.05, 0) is 24.6 Å². The van der Waals surface area contributed by atoms with E-state index in [1.54, 1.807) is 25.1 Å². The van der Waals surface area contributed by atoms with Crippen molar-refractivity contribution in [2.45, 2.75) is 19.5 Å². The lowest BCUT2D eigenvalue weighted by molar-refractivity contribution is -0.139. The molecule has 0 radical (unpaired) electrons. The Labute approximate surface area is 98.5 Å². The average Bonchev–Trinajstić information content (AvgIpc) is 2.26. The molecular formula is C11H11ClN2O2. The number of carbonyl (C=O) groups is 1. The van der Waals surface area contributed by atoms with Crippen LogP contribution in [0.4, 0.5) is 0 Å². The summed E-state index contributed by atoms with van der Waals surface area (Å²) in [5, 5.41) is 20.6. The molecule has 0 bridgehead atoms. The van der Waals surface area contributed by atoms with Crippen molar-refractivity contribution in [3.05, 3.63) is 34.3 Å². The van der Waals surface area contributed by atoms with Crippen LogP contribution in [0.5, 0.6) is 0 Å². The highest BCUT2D eigenvalue weighted by Crippen LogP contribution is 2.17. The Morgan fingerprint density at radius 1 is 1.69 bits per heavy atom. The zero-order valence-electron chi connectivity index (χ0n) is 8.70. The molecule has 0 aliphatic rings. The van der Waals surface area contributed by atoms with Crippen LogP contribution in [0.15, 0.2) is 18.2 Å². The minimum absolute atomic E-state index is 0.359. The molecule has 0 aliphatic carbocycles. The van der Waals surface area contributed by atoms with Gasteiger partial charge in [0.15, 0.2) is 0 Å². The first-order valence-corrected chi connectivity index (χ1v) is 5.07. The van der Waals surface area contributed by atoms with Gasteiger partial charge >= 0.3 is 5.97 Å². The lowest BCUT2D eigenvalue weighted by Crippen LogP contribution is -2.33. The van der Waals surface area contributed by atoms with E-state index in [-0.39, 0.29) is 0 Å². The van der Waals surface area contributed by atoms with Gasteiger partial charge < -0.3 is 10.4 Å². The maximum atomic E-state index is 10.6. The number of carboxylic acids is 1. The van der Waals surface area contributed by atoms with E-state index in [1.165, 1.54) is 0 Å². The number of carboxylic acid groups (broad SMARTS) is 1. The van der Waals surface area contributed by atoms with Gasteiger partial charge in [-0.3, -0.25) is 4.79 Å². The van der Waals surface area contributed by atoms with Gasteiger partial charge in [0.25, 0.3) is 0 Å². The average molecular weight is 239 g/mol. The summed E-state index contributed by atoms with van der Waals surface area (Å²) in [5.74, 6) is -0.912. The fourth-order valence-corrected chi connectivity index (χ4v) is 1.36. The standard InChI is InChI=1S/C11H11ClN2O2/c1-7(11(15)16)14-6-9-3-2-8(5-13)4-10(9)12/h2-4,7,14H,6H2,1H3,(H,15,16)/t7-/m1/s1. The Kier molecular flexibility index (Phi) is 4.29. The van der Waals surface area contributed by atoms with E-state index in [2.05, 4.69) is 5.32 Å². The predicted octanol–water partition coefficient (Wildman–Crippen LogP) is 1.77. The van der Waals surface area contributed by atoms with Crippen LogP contribution in [0.2, 0.25) is 5.02 Å². The molecule has 0 unspecified atom stereocenters. The molecule has 1 aromatic rings. The van der Waals surface area contributed by atoms with Crippen molar-refractivity contribution in [1.29, 1.82) is 5.26 Å². The van der Waals surface area contributed by atoms with Crippen LogP contribution in [0, 0.1) is 11.3 Å². The summed E-state index contributed by atoms with van der Waals surface area (Å²) in [7, 11) is 0. The van der Waals surface area contributed by atoms with Gasteiger partial charge in [0, 0.05) is 11.6 Å². The van der Waals surface area contributed by atoms with Crippen LogP contribution >= 0.6 is 11.6 Å². The highest BCUT2D eigenvalue weighted by atomic mass is 35.5. The second-order valence-electron chi connectivity index (χ2n) is 3.36. The molecule has 4 nitrogen and oxygen atoms in total. The molecule has 2 N–H and O–H groups in total. The number of hydrogen-bond donors (Lipinski definition) is 2. The highest BCUT2D eigenvalue weighted by Gasteiger charge is 2.10. The van der Waals surface area contributed by atoms with Crippen molar-refractivity contribution >= 4 is 17.6 Å². The summed E-state index contributed by atoms with van der Waals surface area (Å²) in [4.78, 5) is 10.6. The molecule has 0 aliphatic heterocycles. The summed E-state index contributed by atoms with van der Waals surface area (Å²) >= 11 is 5.93. The van der Waals surface area contributed by atoms with E-state index in [4.69, 9.17) is 22.0 Å². The molecule has 0 saturated heterocycles. The normalized spacial score (nSPS) is 11.8. The first-order chi connectivity index (χ1) is 7.54. The minimum Gasteiger partial charge on any atom is -0.480 e. The van der Waals surface area contributed by atoms with Crippen LogP contribution in [0.25, 0.3) is 0 Å². The van der Waals surface area contributed by atoms with E-state index in [0.717, 1.165) is 5.56 Å². The largest absolute Gasteiger partial charge is 0.480 e. The van der Waals surface area contributed by atoms with Crippen molar-refractivity contribution in [2.75, 3.05) is 0 Å². The number of nitrogens with one attached hydrogen (secondary N) is 1. The zero-order chi connectivity index (χ0) is 12.1. The van der Waals surface area contributed by atoms with E-state index in [9.17, 15) is 4.79 Å². The Morgan fingerprint density at radius 3 is 2.88 bits per heavy atom. The summed E-state index contributed by atoms with van der Waals surface area (Å²) in [5.41, 5.74) is 1.26. The van der Waals surface area contributed by atoms with Crippen molar-refractivity contribution in [2.24, 2.45) is 0 Å². The quantitative estimate of drug-likeness (QED) is 0.839. The fourth-order valence-electron chi connectivity index (χ4n) is 1.11. The number of hydrogen-bond acceptors (Lipinski definition) is 3. The maximum Gasteiger partial charge on any atom is 0.320 e. The van der Waals surface area contributed by atoms with Crippen LogP contribution < -0.4 is 5.32 Å². The third-order valence-electron chi connectivity index (χ3n) is 2.15. The topological polar surface area (TPSA) is 73.1 Å². The monoisotopic (exact) mass is 238 g/mol. The third-order valence-corrected chi connectivity index (χ3v) is 2.50. The summed E-state index contributed by atoms with van der Waals surface area (Å²) in [6, 6.07) is 6.26. The van der Waals surface area contributed by atoms with Gasteiger partial charge in [-0.1, -0.05) is 17.7 Å². The second kappa shape index (κ2) is 5.50. The molecule has 1 atom stereocenters. The zero-order valence-corrected chi connectivity index (χ0v) is 9.45. The number of nitrogens with zero attached hydrogens (tertiary/aromatic N) is 1. The first-order valence-electron chi connectivity index (χ1n) is 4.69. The number of halogens is 1. The van der Waals surface area contributed by atoms with Gasteiger partial charge in [-0.2, -0.15) is 5.26 Å². The van der Waals surface area contributed by atoms with E-state index in [1.807, 2.05) is 6.07 Å². The van der Waals surface area contributed by atoms with Crippen LogP contribution in [-0.2, 0) is 11.3 Å². The Balaban J connectivity index is 2.69. The molecule has 0 amide bonds. The minimum atomic E-state index is -0.912. The van der Waals surface area contributed by atoms with E-state index in [0.29, 0.717) is 17.1 Å². The predicted molar refractivity (Wildman–Crippen MR) is 60.1 cm³/mol. The summed E-state index contributed by atoms with van der Waals surface area (Å²) in [6.45, 7) is 1.91. The van der Waals surface area contributed by atoms with Crippen molar-refractivity contribution in [1.82, 2.24) is 5.32 Å². The van der Waals surface area contributed by atoms with Gasteiger partial charge in [0.2, 0.25) is 0 Å². The highest BCUT2D eigenvalue weighted by molar-refractivity contribution is 6.31. The van der Waals surface area contributed by atoms with Crippen LogP contribution in [0.3, 0.4) is 0 Å². The lowest BCUT2D eigenvalue weighted by atomic mass is 10.1. The first kappa shape index (κ1) is 12.5. The number of benzene rings is 1. The number of rotatable bonds is 4. The number of aliphatic carboxylic acids is 1. The van der Waals surface area contributed by atoms with Crippen molar-refractivity contribution in [3.8, 4) is 6.07 Å². The molecule has 0 aromatic heterocycles. The molecule has 5 heteroatoms. The molecule has 1 rings (SSSR count). The molecular weight excluding hydrogens is 228 g/mol. The Hall–Kier alpha value is -1.57. The lowest BCUT2D eigenvalue weighted by Gasteiger charge is -2.10. The van der Waals surface area contributed by atoms with Gasteiger partial charge in [-0.25, -0.2) is 0 Å². The second-order valence-corrected chi connectivity index (χ2v) is 3.77. The fraction of sp³-hybridized carbons (Fsp3) is 0.273. The van der Waals surface area contributed by atoms with Gasteiger partial charge in [0.1, 0.15) is 6.04 Å². The van der Waals surface area contributed by atoms with Gasteiger partial charge in [-0.15, -0.1) is 0 Å². The van der Waals surface area contributed by atoms with Crippen LogP contribution in [0.1, 0.15) is 18.1 Å². The molecule has 84 valence electrons. The van der Waals surface area contributed by atoms with Crippen molar-refractivity contribution in [3.63, 3.8) is 0 Å². The van der Waals surface area contributed by atoms with Crippen molar-refractivity contribution < 1.29 is 9.90 Å². The Bertz CT molecular complexity index is 440. The SMILES string of the molecule is C[C@@H](NCc1ccc(C#N)cc1Cl)C(=O)O. The third kappa shape index (κ3) is 3.23. The van der Waals surface area contributed by atoms with E-state index < -0.39 is 12.0 Å². The molecule has 0 spiro atoms. The maximum absolute atomic E-state index is 10.6. The molecule has 16 heavy (non-hydrogen) atoms. The smallest absolute Gasteiger partial charge is 0.320 e. The molecule has 0 heterocycles. The molecule has 1 aromatic carbocycles. The van der Waals surface area contributed by atoms with Crippen LogP contribution in [-0.4, -0.2) is 17.1 Å². The van der Waals surface area contributed by atoms with Gasteiger partial charge in [0.05, 0.1) is 11.6 Å². The van der Waals surface area contributed by atoms with E-state index >= 15 is 0 Å². The summed E-state index contributed by atoms with van der Waals surface area (Å²) < 4.78 is 0. The Morgan fingerprint density at radius 2 is 2.38 bits per heavy atom.